The van der Waals surface area contributed by atoms with Gasteiger partial charge in [-0.15, -0.1) is 0 Å². The first-order chi connectivity index (χ1) is 6.24. The molecule has 0 radical (unpaired) electrons. The molecule has 1 aromatic heterocycles. The Bertz CT molecular complexity index is 246. The van der Waals surface area contributed by atoms with Crippen LogP contribution < -0.4 is 5.73 Å². The Morgan fingerprint density at radius 1 is 1.62 bits per heavy atom. The molecule has 0 spiro atoms. The number of aryl methyl sites for hydroxylation is 1. The highest BCUT2D eigenvalue weighted by atomic mass is 16.2. The molecule has 0 aliphatic carbocycles. The zero-order valence-electron chi connectivity index (χ0n) is 7.85. The molecule has 74 valence electrons. The molecule has 0 aliphatic rings. The zero-order chi connectivity index (χ0) is 9.68. The van der Waals surface area contributed by atoms with Crippen molar-refractivity contribution in [1.82, 2.24) is 14.8 Å². The molecule has 1 heterocycles. The van der Waals surface area contributed by atoms with Gasteiger partial charge in [0.1, 0.15) is 6.33 Å². The van der Waals surface area contributed by atoms with E-state index in [9.17, 15) is 0 Å². The van der Waals surface area contributed by atoms with E-state index in [0.717, 1.165) is 19.4 Å². The van der Waals surface area contributed by atoms with Crippen LogP contribution in [0.5, 0.6) is 0 Å². The van der Waals surface area contributed by atoms with E-state index in [1.165, 1.54) is 0 Å². The molecule has 1 atom stereocenters. The van der Waals surface area contributed by atoms with Crippen LogP contribution in [-0.4, -0.2) is 26.5 Å². The topological polar surface area (TPSA) is 77.0 Å². The van der Waals surface area contributed by atoms with Gasteiger partial charge in [-0.1, -0.05) is 0 Å². The number of aliphatic hydroxyl groups excluding tert-OH is 1. The number of rotatable bonds is 5. The molecule has 0 saturated carbocycles. The summed E-state index contributed by atoms with van der Waals surface area (Å²) in [6, 6.07) is -0.112. The minimum absolute atomic E-state index is 0.112. The van der Waals surface area contributed by atoms with Crippen molar-refractivity contribution in [3.8, 4) is 0 Å². The summed E-state index contributed by atoms with van der Waals surface area (Å²) in [7, 11) is 0. The summed E-state index contributed by atoms with van der Waals surface area (Å²) in [5.41, 5.74) is 5.60. The molecule has 1 unspecified atom stereocenters. The van der Waals surface area contributed by atoms with Gasteiger partial charge >= 0.3 is 0 Å². The van der Waals surface area contributed by atoms with Crippen molar-refractivity contribution < 1.29 is 5.11 Å². The molecular weight excluding hydrogens is 168 g/mol. The Kier molecular flexibility index (Phi) is 3.85. The summed E-state index contributed by atoms with van der Waals surface area (Å²) >= 11 is 0. The van der Waals surface area contributed by atoms with Crippen LogP contribution in [0.3, 0.4) is 0 Å². The van der Waals surface area contributed by atoms with Gasteiger partial charge in [0.05, 0.1) is 6.04 Å². The van der Waals surface area contributed by atoms with E-state index in [0.29, 0.717) is 5.82 Å². The summed E-state index contributed by atoms with van der Waals surface area (Å²) in [6.07, 6.45) is 3.39. The molecule has 0 bridgehead atoms. The van der Waals surface area contributed by atoms with Crippen molar-refractivity contribution >= 4 is 0 Å². The van der Waals surface area contributed by atoms with E-state index in [1.807, 2.05) is 6.92 Å². The Hall–Kier alpha value is -0.940. The van der Waals surface area contributed by atoms with E-state index in [-0.39, 0.29) is 12.6 Å². The van der Waals surface area contributed by atoms with Crippen LogP contribution in [0, 0.1) is 0 Å². The number of aliphatic hydroxyl groups is 1. The van der Waals surface area contributed by atoms with Gasteiger partial charge in [-0.2, -0.15) is 5.10 Å². The lowest BCUT2D eigenvalue weighted by atomic mass is 10.3. The molecule has 5 heteroatoms. The molecule has 1 rings (SSSR count). The molecule has 0 aromatic carbocycles. The van der Waals surface area contributed by atoms with Gasteiger partial charge in [0.2, 0.25) is 0 Å². The van der Waals surface area contributed by atoms with Gasteiger partial charge in [0, 0.05) is 13.2 Å². The maximum atomic E-state index is 8.57. The van der Waals surface area contributed by atoms with Crippen molar-refractivity contribution in [2.24, 2.45) is 5.73 Å². The van der Waals surface area contributed by atoms with Crippen LogP contribution in [0.1, 0.15) is 31.6 Å². The van der Waals surface area contributed by atoms with Crippen molar-refractivity contribution in [3.05, 3.63) is 12.2 Å². The Morgan fingerprint density at radius 2 is 2.38 bits per heavy atom. The highest BCUT2D eigenvalue weighted by Gasteiger charge is 2.04. The normalized spacial score (nSPS) is 13.2. The molecule has 0 amide bonds. The predicted molar refractivity (Wildman–Crippen MR) is 48.9 cm³/mol. The maximum absolute atomic E-state index is 8.57. The van der Waals surface area contributed by atoms with Crippen molar-refractivity contribution in [2.75, 3.05) is 6.61 Å². The number of hydrogen-bond donors (Lipinski definition) is 2. The number of nitrogens with two attached hydrogens (primary N) is 1. The average molecular weight is 184 g/mol. The van der Waals surface area contributed by atoms with Crippen LogP contribution in [0.15, 0.2) is 6.33 Å². The molecule has 3 N–H and O–H groups in total. The van der Waals surface area contributed by atoms with Gasteiger partial charge in [0.15, 0.2) is 5.82 Å². The first-order valence-electron chi connectivity index (χ1n) is 4.50. The van der Waals surface area contributed by atoms with Crippen molar-refractivity contribution in [3.63, 3.8) is 0 Å². The zero-order valence-corrected chi connectivity index (χ0v) is 7.85. The lowest BCUT2D eigenvalue weighted by Gasteiger charge is -1.99. The number of hydrogen-bond acceptors (Lipinski definition) is 4. The van der Waals surface area contributed by atoms with Crippen molar-refractivity contribution in [2.45, 2.75) is 32.4 Å². The largest absolute Gasteiger partial charge is 0.396 e. The maximum Gasteiger partial charge on any atom is 0.166 e. The van der Waals surface area contributed by atoms with Crippen molar-refractivity contribution in [1.29, 1.82) is 0 Å². The summed E-state index contributed by atoms with van der Waals surface area (Å²) in [6.45, 7) is 2.88. The van der Waals surface area contributed by atoms with Crippen LogP contribution in [0.25, 0.3) is 0 Å². The monoisotopic (exact) mass is 184 g/mol. The first-order valence-corrected chi connectivity index (χ1v) is 4.50. The number of aromatic nitrogens is 3. The van der Waals surface area contributed by atoms with Gasteiger partial charge in [-0.05, 0) is 19.8 Å². The minimum atomic E-state index is -0.112. The van der Waals surface area contributed by atoms with E-state index < -0.39 is 0 Å². The standard InChI is InChI=1S/C8H16N4O/c1-7(9)8-10-6-12(11-8)4-2-3-5-13/h6-7,13H,2-5,9H2,1H3. The molecule has 13 heavy (non-hydrogen) atoms. The third kappa shape index (κ3) is 3.12. The summed E-state index contributed by atoms with van der Waals surface area (Å²) in [5.74, 6) is 0.670. The average Bonchev–Trinajstić information content (AvgIpc) is 2.53. The molecule has 1 aromatic rings. The fourth-order valence-electron chi connectivity index (χ4n) is 1.01. The van der Waals surface area contributed by atoms with Gasteiger partial charge < -0.3 is 10.8 Å². The summed E-state index contributed by atoms with van der Waals surface area (Å²) in [5, 5.41) is 12.8. The molecule has 0 aliphatic heterocycles. The third-order valence-electron chi connectivity index (χ3n) is 1.76. The summed E-state index contributed by atoms with van der Waals surface area (Å²) < 4.78 is 1.76. The summed E-state index contributed by atoms with van der Waals surface area (Å²) in [4.78, 5) is 4.06. The number of nitrogens with zero attached hydrogens (tertiary/aromatic N) is 3. The lowest BCUT2D eigenvalue weighted by Crippen LogP contribution is -2.08. The van der Waals surface area contributed by atoms with Crippen LogP contribution in [0.4, 0.5) is 0 Å². The fourth-order valence-corrected chi connectivity index (χ4v) is 1.01. The third-order valence-corrected chi connectivity index (χ3v) is 1.76. The van der Waals surface area contributed by atoms with Gasteiger partial charge in [-0.25, -0.2) is 4.98 Å². The quantitative estimate of drug-likeness (QED) is 0.635. The molecule has 5 nitrogen and oxygen atoms in total. The fraction of sp³-hybridized carbons (Fsp3) is 0.750. The van der Waals surface area contributed by atoms with Crippen LogP contribution >= 0.6 is 0 Å². The van der Waals surface area contributed by atoms with E-state index in [1.54, 1.807) is 11.0 Å². The Morgan fingerprint density at radius 3 is 2.92 bits per heavy atom. The van der Waals surface area contributed by atoms with Gasteiger partial charge in [0.25, 0.3) is 0 Å². The van der Waals surface area contributed by atoms with E-state index in [4.69, 9.17) is 10.8 Å². The second kappa shape index (κ2) is 4.94. The van der Waals surface area contributed by atoms with E-state index in [2.05, 4.69) is 10.1 Å². The molecule has 0 fully saturated rings. The van der Waals surface area contributed by atoms with Gasteiger partial charge in [-0.3, -0.25) is 4.68 Å². The van der Waals surface area contributed by atoms with Crippen LogP contribution in [-0.2, 0) is 6.54 Å². The smallest absolute Gasteiger partial charge is 0.166 e. The SMILES string of the molecule is CC(N)c1ncn(CCCCO)n1. The molecular formula is C8H16N4O. The lowest BCUT2D eigenvalue weighted by molar-refractivity contribution is 0.280. The highest BCUT2D eigenvalue weighted by molar-refractivity contribution is 4.87. The predicted octanol–water partition coefficient (Wildman–Crippen LogP) is 0.0703. The highest BCUT2D eigenvalue weighted by Crippen LogP contribution is 2.01. The first kappa shape index (κ1) is 10.1. The minimum Gasteiger partial charge on any atom is -0.396 e. The second-order valence-corrected chi connectivity index (χ2v) is 3.09. The molecule has 0 saturated heterocycles. The second-order valence-electron chi connectivity index (χ2n) is 3.09. The number of unbranched alkanes of at least 4 members (excludes halogenated alkanes) is 1. The Balaban J connectivity index is 2.40. The van der Waals surface area contributed by atoms with Crippen LogP contribution in [0.2, 0.25) is 0 Å². The van der Waals surface area contributed by atoms with E-state index >= 15 is 0 Å². The Labute approximate surface area is 77.6 Å².